The van der Waals surface area contributed by atoms with E-state index < -0.39 is 10.8 Å². The standard InChI is InChI=1S/C14H13N3O3S2/c1-9-6-11(14(21-2)22-9)8-15-16-13(18)10-4-3-5-12(7-10)17(19)20/h3-8H,1-2H3,(H,16,18)/b15-8+. The number of hydrogen-bond acceptors (Lipinski definition) is 6. The molecule has 0 spiro atoms. The van der Waals surface area contributed by atoms with Crippen LogP contribution in [0.4, 0.5) is 5.69 Å². The quantitative estimate of drug-likeness (QED) is 0.392. The second kappa shape index (κ2) is 7.19. The Balaban J connectivity index is 2.07. The van der Waals surface area contributed by atoms with Gasteiger partial charge in [0.05, 0.1) is 15.3 Å². The van der Waals surface area contributed by atoms with Gasteiger partial charge in [-0.1, -0.05) is 6.07 Å². The molecule has 0 aliphatic heterocycles. The van der Waals surface area contributed by atoms with Crippen LogP contribution in [-0.4, -0.2) is 23.3 Å². The molecular formula is C14H13N3O3S2. The third-order valence-corrected chi connectivity index (χ3v) is 4.94. The molecule has 22 heavy (non-hydrogen) atoms. The molecule has 2 rings (SSSR count). The first-order valence-corrected chi connectivity index (χ1v) is 8.27. The Morgan fingerprint density at radius 3 is 2.91 bits per heavy atom. The van der Waals surface area contributed by atoms with Crippen molar-refractivity contribution in [2.24, 2.45) is 5.10 Å². The largest absolute Gasteiger partial charge is 0.271 e. The Hall–Kier alpha value is -2.19. The Labute approximate surface area is 135 Å². The van der Waals surface area contributed by atoms with Crippen molar-refractivity contribution in [2.75, 3.05) is 6.26 Å². The molecule has 0 bridgehead atoms. The number of benzene rings is 1. The normalized spacial score (nSPS) is 10.8. The highest BCUT2D eigenvalue weighted by Crippen LogP contribution is 2.28. The van der Waals surface area contributed by atoms with Crippen LogP contribution in [0.15, 0.2) is 39.6 Å². The van der Waals surface area contributed by atoms with Crippen LogP contribution < -0.4 is 5.43 Å². The second-order valence-corrected chi connectivity index (χ2v) is 6.64. The van der Waals surface area contributed by atoms with Crippen molar-refractivity contribution in [3.8, 4) is 0 Å². The number of amides is 1. The fourth-order valence-electron chi connectivity index (χ4n) is 1.75. The molecule has 0 unspecified atom stereocenters. The number of carbonyl (C=O) groups excluding carboxylic acids is 1. The van der Waals surface area contributed by atoms with Crippen LogP contribution >= 0.6 is 23.1 Å². The molecule has 0 saturated heterocycles. The molecule has 6 nitrogen and oxygen atoms in total. The molecule has 1 aromatic carbocycles. The van der Waals surface area contributed by atoms with Crippen LogP contribution in [0.1, 0.15) is 20.8 Å². The fourth-order valence-corrected chi connectivity index (χ4v) is 3.53. The third-order valence-electron chi connectivity index (χ3n) is 2.72. The Morgan fingerprint density at radius 2 is 2.23 bits per heavy atom. The summed E-state index contributed by atoms with van der Waals surface area (Å²) in [6, 6.07) is 7.50. The Bertz CT molecular complexity index is 741. The molecule has 0 aliphatic rings. The monoisotopic (exact) mass is 335 g/mol. The van der Waals surface area contributed by atoms with Crippen LogP contribution in [0.5, 0.6) is 0 Å². The van der Waals surface area contributed by atoms with Gasteiger partial charge in [-0.05, 0) is 25.3 Å². The van der Waals surface area contributed by atoms with Gasteiger partial charge in [-0.15, -0.1) is 23.1 Å². The summed E-state index contributed by atoms with van der Waals surface area (Å²) in [7, 11) is 0. The van der Waals surface area contributed by atoms with E-state index in [9.17, 15) is 14.9 Å². The van der Waals surface area contributed by atoms with Crippen LogP contribution in [0.25, 0.3) is 0 Å². The number of nitrogens with one attached hydrogen (secondary N) is 1. The number of nitro benzene ring substituents is 1. The second-order valence-electron chi connectivity index (χ2n) is 4.31. The minimum Gasteiger partial charge on any atom is -0.267 e. The molecule has 1 N–H and O–H groups in total. The zero-order chi connectivity index (χ0) is 16.1. The summed E-state index contributed by atoms with van der Waals surface area (Å²) in [5, 5.41) is 14.6. The lowest BCUT2D eigenvalue weighted by atomic mass is 10.2. The lowest BCUT2D eigenvalue weighted by molar-refractivity contribution is -0.384. The number of thioether (sulfide) groups is 1. The summed E-state index contributed by atoms with van der Waals surface area (Å²) in [4.78, 5) is 23.2. The number of nitrogens with zero attached hydrogens (tertiary/aromatic N) is 2. The van der Waals surface area contributed by atoms with Gasteiger partial charge in [-0.3, -0.25) is 14.9 Å². The van der Waals surface area contributed by atoms with Crippen molar-refractivity contribution in [1.82, 2.24) is 5.43 Å². The van der Waals surface area contributed by atoms with E-state index in [1.165, 1.54) is 24.3 Å². The lowest BCUT2D eigenvalue weighted by Gasteiger charge is -1.99. The SMILES string of the molecule is CSc1sc(C)cc1/C=N/NC(=O)c1cccc([N+](=O)[O-])c1. The molecule has 0 atom stereocenters. The van der Waals surface area contributed by atoms with Gasteiger partial charge in [0, 0.05) is 28.1 Å². The van der Waals surface area contributed by atoms with Crippen LogP contribution in [0.3, 0.4) is 0 Å². The highest BCUT2D eigenvalue weighted by atomic mass is 32.2. The van der Waals surface area contributed by atoms with Crippen molar-refractivity contribution in [1.29, 1.82) is 0 Å². The Kier molecular flexibility index (Phi) is 5.29. The van der Waals surface area contributed by atoms with E-state index in [-0.39, 0.29) is 11.3 Å². The first kappa shape index (κ1) is 16.2. The first-order chi connectivity index (χ1) is 10.5. The fraction of sp³-hybridized carbons (Fsp3) is 0.143. The van der Waals surface area contributed by atoms with Gasteiger partial charge in [-0.2, -0.15) is 5.10 Å². The summed E-state index contributed by atoms with van der Waals surface area (Å²) in [6.45, 7) is 2.00. The summed E-state index contributed by atoms with van der Waals surface area (Å²) in [5.74, 6) is -0.488. The molecule has 0 fully saturated rings. The van der Waals surface area contributed by atoms with Crippen LogP contribution in [-0.2, 0) is 0 Å². The van der Waals surface area contributed by atoms with Crippen LogP contribution in [0, 0.1) is 17.0 Å². The smallest absolute Gasteiger partial charge is 0.267 e. The Morgan fingerprint density at radius 1 is 1.45 bits per heavy atom. The van der Waals surface area contributed by atoms with E-state index in [1.54, 1.807) is 29.3 Å². The highest BCUT2D eigenvalue weighted by molar-refractivity contribution is 8.00. The molecule has 0 saturated carbocycles. The average molecular weight is 335 g/mol. The lowest BCUT2D eigenvalue weighted by Crippen LogP contribution is -2.17. The number of hydrazone groups is 1. The molecule has 0 radical (unpaired) electrons. The van der Waals surface area contributed by atoms with Crippen molar-refractivity contribution < 1.29 is 9.72 Å². The number of non-ortho nitro benzene ring substituents is 1. The van der Waals surface area contributed by atoms with E-state index in [1.807, 2.05) is 19.2 Å². The molecule has 0 aliphatic carbocycles. The average Bonchev–Trinajstić information content (AvgIpc) is 2.87. The molecular weight excluding hydrogens is 322 g/mol. The maximum Gasteiger partial charge on any atom is 0.271 e. The molecule has 2 aromatic rings. The third kappa shape index (κ3) is 3.92. The number of aryl methyl sites for hydroxylation is 1. The number of hydrogen-bond donors (Lipinski definition) is 1. The zero-order valence-corrected chi connectivity index (χ0v) is 13.5. The van der Waals surface area contributed by atoms with Gasteiger partial charge in [0.1, 0.15) is 0 Å². The maximum atomic E-state index is 11.9. The van der Waals surface area contributed by atoms with Gasteiger partial charge in [0.2, 0.25) is 0 Å². The summed E-state index contributed by atoms with van der Waals surface area (Å²) < 4.78 is 1.12. The van der Waals surface area contributed by atoms with Crippen molar-refractivity contribution in [3.05, 3.63) is 56.5 Å². The minimum absolute atomic E-state index is 0.130. The number of nitro groups is 1. The van der Waals surface area contributed by atoms with Gasteiger partial charge in [0.25, 0.3) is 11.6 Å². The summed E-state index contributed by atoms with van der Waals surface area (Å²) >= 11 is 3.28. The van der Waals surface area contributed by atoms with E-state index in [2.05, 4.69) is 10.5 Å². The summed E-state index contributed by atoms with van der Waals surface area (Å²) in [5.41, 5.74) is 3.38. The molecule has 1 amide bonds. The predicted molar refractivity (Wildman–Crippen MR) is 89.0 cm³/mol. The van der Waals surface area contributed by atoms with Gasteiger partial charge >= 0.3 is 0 Å². The van der Waals surface area contributed by atoms with E-state index in [0.29, 0.717) is 0 Å². The van der Waals surface area contributed by atoms with Gasteiger partial charge in [-0.25, -0.2) is 5.43 Å². The minimum atomic E-state index is -0.543. The zero-order valence-electron chi connectivity index (χ0n) is 11.9. The predicted octanol–water partition coefficient (Wildman–Crippen LogP) is 3.45. The maximum absolute atomic E-state index is 11.9. The van der Waals surface area contributed by atoms with E-state index in [0.717, 1.165) is 14.6 Å². The number of thiophene rings is 1. The highest BCUT2D eigenvalue weighted by Gasteiger charge is 2.10. The van der Waals surface area contributed by atoms with Crippen molar-refractivity contribution >= 4 is 40.9 Å². The number of rotatable bonds is 5. The van der Waals surface area contributed by atoms with E-state index >= 15 is 0 Å². The molecule has 8 heteroatoms. The van der Waals surface area contributed by atoms with Crippen molar-refractivity contribution in [2.45, 2.75) is 11.1 Å². The number of carbonyl (C=O) groups is 1. The molecule has 1 heterocycles. The first-order valence-electron chi connectivity index (χ1n) is 6.23. The van der Waals surface area contributed by atoms with Gasteiger partial charge < -0.3 is 0 Å². The summed E-state index contributed by atoms with van der Waals surface area (Å²) in [6.07, 6.45) is 3.55. The van der Waals surface area contributed by atoms with Crippen LogP contribution in [0.2, 0.25) is 0 Å². The topological polar surface area (TPSA) is 84.6 Å². The van der Waals surface area contributed by atoms with Gasteiger partial charge in [0.15, 0.2) is 0 Å². The molecule has 114 valence electrons. The van der Waals surface area contributed by atoms with Crippen molar-refractivity contribution in [3.63, 3.8) is 0 Å². The molecule has 1 aromatic heterocycles. The van der Waals surface area contributed by atoms with E-state index in [4.69, 9.17) is 0 Å².